The van der Waals surface area contributed by atoms with Crippen molar-refractivity contribution in [3.63, 3.8) is 0 Å². The number of hydrogen-bond acceptors (Lipinski definition) is 2. The molecule has 4 heteroatoms. The van der Waals surface area contributed by atoms with Gasteiger partial charge in [0.15, 0.2) is 0 Å². The number of hydrogen-bond donors (Lipinski definition) is 1. The molecule has 13 heavy (non-hydrogen) atoms. The van der Waals surface area contributed by atoms with Crippen LogP contribution in [-0.4, -0.2) is 25.2 Å². The molecular formula is C9H10INO2. The summed E-state index contributed by atoms with van der Waals surface area (Å²) in [5, 5.41) is 8.91. The Morgan fingerprint density at radius 3 is 2.54 bits per heavy atom. The molecule has 0 radical (unpaired) electrons. The lowest BCUT2D eigenvalue weighted by Crippen LogP contribution is -2.13. The van der Waals surface area contributed by atoms with Gasteiger partial charge in [0.1, 0.15) is 0 Å². The molecule has 0 bridgehead atoms. The predicted octanol–water partition coefficient (Wildman–Crippen LogP) is 2.06. The number of carboxylic acids is 1. The van der Waals surface area contributed by atoms with Gasteiger partial charge in [-0.2, -0.15) is 0 Å². The summed E-state index contributed by atoms with van der Waals surface area (Å²) in [5.74, 6) is -0.887. The smallest absolute Gasteiger partial charge is 0.337 e. The first-order valence-electron chi connectivity index (χ1n) is 3.72. The first-order valence-corrected chi connectivity index (χ1v) is 4.80. The summed E-state index contributed by atoms with van der Waals surface area (Å²) in [6.45, 7) is 0. The van der Waals surface area contributed by atoms with Crippen molar-refractivity contribution >= 4 is 34.2 Å². The van der Waals surface area contributed by atoms with E-state index < -0.39 is 5.97 Å². The van der Waals surface area contributed by atoms with Crippen molar-refractivity contribution in [2.75, 3.05) is 19.0 Å². The minimum atomic E-state index is -0.887. The van der Waals surface area contributed by atoms with Gasteiger partial charge in [0.05, 0.1) is 11.3 Å². The summed E-state index contributed by atoms with van der Waals surface area (Å²) >= 11 is 2.10. The quantitative estimate of drug-likeness (QED) is 0.848. The lowest BCUT2D eigenvalue weighted by molar-refractivity contribution is 0.0697. The molecule has 0 aromatic heterocycles. The third kappa shape index (κ3) is 2.33. The van der Waals surface area contributed by atoms with Crippen molar-refractivity contribution in [1.29, 1.82) is 0 Å². The Labute approximate surface area is 90.5 Å². The van der Waals surface area contributed by atoms with E-state index in [0.717, 1.165) is 9.26 Å². The Kier molecular flexibility index (Phi) is 3.13. The molecule has 0 heterocycles. The Hall–Kier alpha value is -0.780. The van der Waals surface area contributed by atoms with E-state index in [0.29, 0.717) is 5.56 Å². The van der Waals surface area contributed by atoms with Gasteiger partial charge in [-0.25, -0.2) is 4.79 Å². The summed E-state index contributed by atoms with van der Waals surface area (Å²) in [6, 6.07) is 5.37. The van der Waals surface area contributed by atoms with E-state index in [1.165, 1.54) is 0 Å². The third-order valence-electron chi connectivity index (χ3n) is 1.67. The van der Waals surface area contributed by atoms with Crippen LogP contribution in [0, 0.1) is 3.57 Å². The molecule has 70 valence electrons. The molecule has 0 amide bonds. The highest BCUT2D eigenvalue weighted by atomic mass is 127. The fraction of sp³-hybridized carbons (Fsp3) is 0.222. The molecule has 0 spiro atoms. The van der Waals surface area contributed by atoms with Crippen molar-refractivity contribution in [3.8, 4) is 0 Å². The van der Waals surface area contributed by atoms with Gasteiger partial charge in [0.25, 0.3) is 0 Å². The van der Waals surface area contributed by atoms with Crippen LogP contribution in [-0.2, 0) is 0 Å². The second-order valence-electron chi connectivity index (χ2n) is 2.86. The van der Waals surface area contributed by atoms with Crippen LogP contribution in [0.25, 0.3) is 0 Å². The Morgan fingerprint density at radius 1 is 1.46 bits per heavy atom. The number of benzene rings is 1. The van der Waals surface area contributed by atoms with Gasteiger partial charge in [-0.15, -0.1) is 0 Å². The number of carboxylic acid groups (broad SMARTS) is 1. The molecule has 0 saturated carbocycles. The molecule has 0 aliphatic heterocycles. The Bertz CT molecular complexity index is 336. The van der Waals surface area contributed by atoms with Gasteiger partial charge in [0.2, 0.25) is 0 Å². The van der Waals surface area contributed by atoms with Crippen molar-refractivity contribution in [1.82, 2.24) is 0 Å². The zero-order chi connectivity index (χ0) is 10.0. The largest absolute Gasteiger partial charge is 0.478 e. The van der Waals surface area contributed by atoms with E-state index in [1.807, 2.05) is 26.2 Å². The summed E-state index contributed by atoms with van der Waals surface area (Å²) in [6.07, 6.45) is 0. The van der Waals surface area contributed by atoms with Gasteiger partial charge in [-0.3, -0.25) is 0 Å². The number of carbonyl (C=O) groups is 1. The summed E-state index contributed by atoms with van der Waals surface area (Å²) in [5.41, 5.74) is 1.07. The maximum absolute atomic E-state index is 10.8. The molecular weight excluding hydrogens is 281 g/mol. The molecule has 0 unspecified atom stereocenters. The minimum absolute atomic E-state index is 0.344. The molecule has 0 aliphatic rings. The van der Waals surface area contributed by atoms with E-state index in [2.05, 4.69) is 22.6 Å². The molecule has 1 aromatic carbocycles. The SMILES string of the molecule is CN(C)c1ccc(I)cc1C(=O)O. The highest BCUT2D eigenvalue weighted by Gasteiger charge is 2.11. The zero-order valence-corrected chi connectivity index (χ0v) is 9.57. The van der Waals surface area contributed by atoms with Crippen molar-refractivity contribution < 1.29 is 9.90 Å². The molecule has 1 rings (SSSR count). The fourth-order valence-corrected chi connectivity index (χ4v) is 1.56. The highest BCUT2D eigenvalue weighted by Crippen LogP contribution is 2.20. The standard InChI is InChI=1S/C9H10INO2/c1-11(2)8-4-3-6(10)5-7(8)9(12)13/h3-5H,1-2H3,(H,12,13). The molecule has 0 fully saturated rings. The van der Waals surface area contributed by atoms with Crippen LogP contribution in [0.3, 0.4) is 0 Å². The predicted molar refractivity (Wildman–Crippen MR) is 60.4 cm³/mol. The van der Waals surface area contributed by atoms with Crippen LogP contribution < -0.4 is 4.90 Å². The van der Waals surface area contributed by atoms with Crippen molar-refractivity contribution in [3.05, 3.63) is 27.3 Å². The maximum Gasteiger partial charge on any atom is 0.337 e. The van der Waals surface area contributed by atoms with E-state index >= 15 is 0 Å². The third-order valence-corrected chi connectivity index (χ3v) is 2.34. The van der Waals surface area contributed by atoms with Crippen LogP contribution >= 0.6 is 22.6 Å². The molecule has 0 saturated heterocycles. The highest BCUT2D eigenvalue weighted by molar-refractivity contribution is 14.1. The minimum Gasteiger partial charge on any atom is -0.478 e. The summed E-state index contributed by atoms with van der Waals surface area (Å²) < 4.78 is 0.931. The first-order chi connectivity index (χ1) is 6.02. The number of rotatable bonds is 2. The van der Waals surface area contributed by atoms with E-state index in [1.54, 1.807) is 11.0 Å². The monoisotopic (exact) mass is 291 g/mol. The average molecular weight is 291 g/mol. The average Bonchev–Trinajstić information content (AvgIpc) is 2.03. The Morgan fingerprint density at radius 2 is 2.08 bits per heavy atom. The molecule has 0 aliphatic carbocycles. The zero-order valence-electron chi connectivity index (χ0n) is 7.41. The number of nitrogens with zero attached hydrogens (tertiary/aromatic N) is 1. The normalized spacial score (nSPS) is 9.77. The van der Waals surface area contributed by atoms with E-state index in [-0.39, 0.29) is 0 Å². The van der Waals surface area contributed by atoms with Gasteiger partial charge in [0, 0.05) is 17.7 Å². The van der Waals surface area contributed by atoms with Gasteiger partial charge >= 0.3 is 5.97 Å². The lowest BCUT2D eigenvalue weighted by Gasteiger charge is -2.15. The van der Waals surface area contributed by atoms with Crippen LogP contribution in [0.1, 0.15) is 10.4 Å². The van der Waals surface area contributed by atoms with Crippen molar-refractivity contribution in [2.24, 2.45) is 0 Å². The number of halogens is 1. The molecule has 0 atom stereocenters. The first kappa shape index (κ1) is 10.3. The maximum atomic E-state index is 10.8. The van der Waals surface area contributed by atoms with E-state index in [4.69, 9.17) is 5.11 Å². The number of aromatic carboxylic acids is 1. The summed E-state index contributed by atoms with van der Waals surface area (Å²) in [4.78, 5) is 12.6. The molecule has 3 nitrogen and oxygen atoms in total. The van der Waals surface area contributed by atoms with Gasteiger partial charge in [-0.1, -0.05) is 0 Å². The second-order valence-corrected chi connectivity index (χ2v) is 4.11. The topological polar surface area (TPSA) is 40.5 Å². The second kappa shape index (κ2) is 3.95. The van der Waals surface area contributed by atoms with Crippen LogP contribution in [0.2, 0.25) is 0 Å². The molecule has 1 N–H and O–H groups in total. The molecule has 1 aromatic rings. The Balaban J connectivity index is 3.27. The summed E-state index contributed by atoms with van der Waals surface area (Å²) in [7, 11) is 3.66. The lowest BCUT2D eigenvalue weighted by atomic mass is 10.1. The van der Waals surface area contributed by atoms with Gasteiger partial charge < -0.3 is 10.0 Å². The van der Waals surface area contributed by atoms with Crippen LogP contribution in [0.15, 0.2) is 18.2 Å². The van der Waals surface area contributed by atoms with E-state index in [9.17, 15) is 4.79 Å². The fourth-order valence-electron chi connectivity index (χ4n) is 1.07. The van der Waals surface area contributed by atoms with Gasteiger partial charge in [-0.05, 0) is 40.8 Å². The number of anilines is 1. The van der Waals surface area contributed by atoms with Crippen LogP contribution in [0.4, 0.5) is 5.69 Å². The van der Waals surface area contributed by atoms with Crippen molar-refractivity contribution in [2.45, 2.75) is 0 Å². The van der Waals surface area contributed by atoms with Crippen LogP contribution in [0.5, 0.6) is 0 Å².